The molecule has 0 spiro atoms. The molecule has 1 amide bonds. The molecular weight excluding hydrogens is 206 g/mol. The maximum absolute atomic E-state index is 12.0. The lowest BCUT2D eigenvalue weighted by molar-refractivity contribution is 0.0158. The molecule has 2 atom stereocenters. The third-order valence-electron chi connectivity index (χ3n) is 3.19. The van der Waals surface area contributed by atoms with E-state index in [-0.39, 0.29) is 17.7 Å². The molecule has 16 heavy (non-hydrogen) atoms. The van der Waals surface area contributed by atoms with Gasteiger partial charge in [-0.05, 0) is 40.5 Å². The molecule has 2 heterocycles. The minimum absolute atomic E-state index is 0.118. The highest BCUT2D eigenvalue weighted by Crippen LogP contribution is 2.39. The van der Waals surface area contributed by atoms with Crippen LogP contribution >= 0.6 is 0 Å². The van der Waals surface area contributed by atoms with Crippen LogP contribution in [0.2, 0.25) is 0 Å². The van der Waals surface area contributed by atoms with Crippen molar-refractivity contribution in [1.29, 1.82) is 0 Å². The first kappa shape index (κ1) is 11.7. The van der Waals surface area contributed by atoms with E-state index in [4.69, 9.17) is 9.47 Å². The Labute approximate surface area is 96.9 Å². The Balaban J connectivity index is 2.00. The van der Waals surface area contributed by atoms with E-state index in [2.05, 4.69) is 6.92 Å². The summed E-state index contributed by atoms with van der Waals surface area (Å²) in [6.45, 7) is 9.30. The fraction of sp³-hybridized carbons (Fsp3) is 0.917. The molecule has 2 saturated heterocycles. The highest BCUT2D eigenvalue weighted by atomic mass is 16.6. The maximum Gasteiger partial charge on any atom is 0.410 e. The van der Waals surface area contributed by atoms with Gasteiger partial charge < -0.3 is 14.4 Å². The number of hydrogen-bond acceptors (Lipinski definition) is 3. The standard InChI is InChI=1S/C12H21NO3/c1-11(2,3)16-10(14)13-7-5-6-9(13)12(4)8-15-12/h9H,5-8H2,1-4H3/t9-,12-/m1/s1. The van der Waals surface area contributed by atoms with Crippen LogP contribution in [-0.2, 0) is 9.47 Å². The summed E-state index contributed by atoms with van der Waals surface area (Å²) in [4.78, 5) is 13.8. The number of likely N-dealkylation sites (tertiary alicyclic amines) is 1. The Kier molecular flexibility index (Phi) is 2.65. The van der Waals surface area contributed by atoms with Crippen LogP contribution in [0.5, 0.6) is 0 Å². The molecule has 4 nitrogen and oxygen atoms in total. The zero-order valence-electron chi connectivity index (χ0n) is 10.6. The first-order valence-corrected chi connectivity index (χ1v) is 5.95. The lowest BCUT2D eigenvalue weighted by atomic mass is 10.0. The topological polar surface area (TPSA) is 42.1 Å². The maximum atomic E-state index is 12.0. The summed E-state index contributed by atoms with van der Waals surface area (Å²) in [7, 11) is 0. The molecule has 0 unspecified atom stereocenters. The van der Waals surface area contributed by atoms with Gasteiger partial charge in [-0.2, -0.15) is 0 Å². The molecule has 0 saturated carbocycles. The predicted molar refractivity (Wildman–Crippen MR) is 60.3 cm³/mol. The van der Waals surface area contributed by atoms with E-state index >= 15 is 0 Å². The largest absolute Gasteiger partial charge is 0.444 e. The minimum atomic E-state index is -0.421. The second-order valence-electron chi connectivity index (χ2n) is 5.93. The van der Waals surface area contributed by atoms with Gasteiger partial charge in [0.1, 0.15) is 11.2 Å². The monoisotopic (exact) mass is 227 g/mol. The van der Waals surface area contributed by atoms with Gasteiger partial charge in [-0.15, -0.1) is 0 Å². The van der Waals surface area contributed by atoms with Crippen LogP contribution in [0.15, 0.2) is 0 Å². The van der Waals surface area contributed by atoms with Gasteiger partial charge in [0.05, 0.1) is 12.6 Å². The summed E-state index contributed by atoms with van der Waals surface area (Å²) in [6.07, 6.45) is 1.87. The molecule has 0 N–H and O–H groups in total. The van der Waals surface area contributed by atoms with Crippen molar-refractivity contribution < 1.29 is 14.3 Å². The number of nitrogens with zero attached hydrogens (tertiary/aromatic N) is 1. The smallest absolute Gasteiger partial charge is 0.410 e. The van der Waals surface area contributed by atoms with Crippen molar-refractivity contribution >= 4 is 6.09 Å². The molecule has 2 fully saturated rings. The third-order valence-corrected chi connectivity index (χ3v) is 3.19. The first-order valence-electron chi connectivity index (χ1n) is 5.95. The average Bonchev–Trinajstić information content (AvgIpc) is 2.70. The summed E-state index contributed by atoms with van der Waals surface area (Å²) >= 11 is 0. The fourth-order valence-corrected chi connectivity index (χ4v) is 2.25. The molecule has 0 aliphatic carbocycles. The third kappa shape index (κ3) is 2.32. The summed E-state index contributed by atoms with van der Waals surface area (Å²) in [5, 5.41) is 0. The van der Waals surface area contributed by atoms with Gasteiger partial charge in [-0.3, -0.25) is 0 Å². The number of hydrogen-bond donors (Lipinski definition) is 0. The zero-order valence-corrected chi connectivity index (χ0v) is 10.6. The number of ether oxygens (including phenoxy) is 2. The van der Waals surface area contributed by atoms with Crippen molar-refractivity contribution in [3.63, 3.8) is 0 Å². The van der Waals surface area contributed by atoms with Crippen molar-refractivity contribution in [2.24, 2.45) is 0 Å². The van der Waals surface area contributed by atoms with Crippen molar-refractivity contribution in [2.45, 2.75) is 57.8 Å². The van der Waals surface area contributed by atoms with Crippen LogP contribution < -0.4 is 0 Å². The van der Waals surface area contributed by atoms with Gasteiger partial charge in [0.25, 0.3) is 0 Å². The molecule has 0 bridgehead atoms. The van der Waals surface area contributed by atoms with Gasteiger partial charge in [0.15, 0.2) is 0 Å². The summed E-state index contributed by atoms with van der Waals surface area (Å²) in [5.41, 5.74) is -0.539. The lowest BCUT2D eigenvalue weighted by Crippen LogP contribution is -2.45. The summed E-state index contributed by atoms with van der Waals surface area (Å²) in [5.74, 6) is 0. The fourth-order valence-electron chi connectivity index (χ4n) is 2.25. The van der Waals surface area contributed by atoms with E-state index in [0.29, 0.717) is 0 Å². The van der Waals surface area contributed by atoms with Crippen molar-refractivity contribution in [3.8, 4) is 0 Å². The molecular formula is C12H21NO3. The molecule has 0 aromatic heterocycles. The molecule has 2 rings (SSSR count). The first-order chi connectivity index (χ1) is 7.32. The van der Waals surface area contributed by atoms with Crippen LogP contribution in [0.3, 0.4) is 0 Å². The molecule has 2 aliphatic heterocycles. The number of carbonyl (C=O) groups is 1. The average molecular weight is 227 g/mol. The Morgan fingerprint density at radius 2 is 2.12 bits per heavy atom. The van der Waals surface area contributed by atoms with Gasteiger partial charge in [-0.25, -0.2) is 4.79 Å². The van der Waals surface area contributed by atoms with E-state index in [1.807, 2.05) is 25.7 Å². The number of amides is 1. The van der Waals surface area contributed by atoms with Crippen LogP contribution in [0.1, 0.15) is 40.5 Å². The summed E-state index contributed by atoms with van der Waals surface area (Å²) in [6, 6.07) is 0.197. The van der Waals surface area contributed by atoms with E-state index in [9.17, 15) is 4.79 Å². The van der Waals surface area contributed by atoms with Crippen LogP contribution in [0.25, 0.3) is 0 Å². The van der Waals surface area contributed by atoms with Crippen molar-refractivity contribution in [1.82, 2.24) is 4.90 Å². The van der Waals surface area contributed by atoms with E-state index in [0.717, 1.165) is 26.0 Å². The second kappa shape index (κ2) is 3.62. The van der Waals surface area contributed by atoms with E-state index < -0.39 is 5.60 Å². The number of rotatable bonds is 1. The van der Waals surface area contributed by atoms with E-state index in [1.54, 1.807) is 0 Å². The SMILES string of the molecule is CC(C)(C)OC(=O)N1CCC[C@@H]1[C@@]1(C)CO1. The molecule has 4 heteroatoms. The van der Waals surface area contributed by atoms with Crippen molar-refractivity contribution in [2.75, 3.05) is 13.2 Å². The Morgan fingerprint density at radius 1 is 1.50 bits per heavy atom. The predicted octanol–water partition coefficient (Wildman–Crippen LogP) is 2.17. The zero-order chi connectivity index (χ0) is 12.0. The minimum Gasteiger partial charge on any atom is -0.444 e. The molecule has 0 aromatic carbocycles. The second-order valence-corrected chi connectivity index (χ2v) is 5.93. The Hall–Kier alpha value is -0.770. The Bertz CT molecular complexity index is 291. The van der Waals surface area contributed by atoms with Gasteiger partial charge in [0, 0.05) is 6.54 Å². The molecule has 2 aliphatic rings. The van der Waals surface area contributed by atoms with Crippen LogP contribution in [-0.4, -0.2) is 41.4 Å². The van der Waals surface area contributed by atoms with Crippen LogP contribution in [0.4, 0.5) is 4.79 Å². The van der Waals surface area contributed by atoms with Gasteiger partial charge in [0.2, 0.25) is 0 Å². The molecule has 92 valence electrons. The quantitative estimate of drug-likeness (QED) is 0.645. The molecule has 0 aromatic rings. The van der Waals surface area contributed by atoms with Crippen molar-refractivity contribution in [3.05, 3.63) is 0 Å². The highest BCUT2D eigenvalue weighted by Gasteiger charge is 2.52. The summed E-state index contributed by atoms with van der Waals surface area (Å²) < 4.78 is 10.8. The molecule has 0 radical (unpaired) electrons. The van der Waals surface area contributed by atoms with E-state index in [1.165, 1.54) is 0 Å². The lowest BCUT2D eigenvalue weighted by Gasteiger charge is -2.30. The number of carbonyl (C=O) groups excluding carboxylic acids is 1. The number of epoxide rings is 1. The normalized spacial score (nSPS) is 34.0. The Morgan fingerprint density at radius 3 is 2.62 bits per heavy atom. The van der Waals surface area contributed by atoms with Gasteiger partial charge >= 0.3 is 6.09 Å². The van der Waals surface area contributed by atoms with Gasteiger partial charge in [-0.1, -0.05) is 0 Å². The van der Waals surface area contributed by atoms with Crippen LogP contribution in [0, 0.1) is 0 Å². The highest BCUT2D eigenvalue weighted by molar-refractivity contribution is 5.69.